The summed E-state index contributed by atoms with van der Waals surface area (Å²) >= 11 is 0. The maximum absolute atomic E-state index is 12.3. The van der Waals surface area contributed by atoms with Crippen LogP contribution in [0.25, 0.3) is 0 Å². The van der Waals surface area contributed by atoms with Gasteiger partial charge in [-0.15, -0.1) is 0 Å². The van der Waals surface area contributed by atoms with Gasteiger partial charge in [0.15, 0.2) is 0 Å². The van der Waals surface area contributed by atoms with E-state index in [1.807, 2.05) is 17.0 Å². The Labute approximate surface area is 132 Å². The predicted molar refractivity (Wildman–Crippen MR) is 87.5 cm³/mol. The minimum absolute atomic E-state index is 0.288. The Balaban J connectivity index is 1.49. The van der Waals surface area contributed by atoms with Crippen LogP contribution in [0.1, 0.15) is 12.8 Å². The third-order valence-corrected chi connectivity index (χ3v) is 4.63. The van der Waals surface area contributed by atoms with E-state index in [1.165, 1.54) is 18.5 Å². The average Bonchev–Trinajstić information content (AvgIpc) is 3.08. The molecular formula is C17H25N3O2. The molecule has 0 aliphatic carbocycles. The van der Waals surface area contributed by atoms with Gasteiger partial charge in [0, 0.05) is 31.9 Å². The second-order valence-corrected chi connectivity index (χ2v) is 6.05. The molecule has 5 nitrogen and oxygen atoms in total. The van der Waals surface area contributed by atoms with Crippen molar-refractivity contribution in [2.45, 2.75) is 12.8 Å². The summed E-state index contributed by atoms with van der Waals surface area (Å²) in [5.41, 5.74) is 1.20. The largest absolute Gasteiger partial charge is 0.497 e. The number of ether oxygens (including phenoxy) is 1. The quantitative estimate of drug-likeness (QED) is 0.843. The Hall–Kier alpha value is -1.75. The van der Waals surface area contributed by atoms with Gasteiger partial charge in [0.25, 0.3) is 0 Å². The van der Waals surface area contributed by atoms with Crippen molar-refractivity contribution in [2.75, 3.05) is 57.8 Å². The first-order chi connectivity index (χ1) is 10.8. The molecule has 2 heterocycles. The molecule has 5 heteroatoms. The molecule has 2 fully saturated rings. The summed E-state index contributed by atoms with van der Waals surface area (Å²) in [5.74, 6) is 1.17. The Bertz CT molecular complexity index is 489. The zero-order chi connectivity index (χ0) is 15.4. The molecule has 0 unspecified atom stereocenters. The molecule has 0 aromatic heterocycles. The van der Waals surface area contributed by atoms with Gasteiger partial charge in [-0.05, 0) is 50.2 Å². The third-order valence-electron chi connectivity index (χ3n) is 4.63. The third kappa shape index (κ3) is 3.53. The second-order valence-electron chi connectivity index (χ2n) is 6.05. The molecule has 2 aliphatic rings. The molecule has 0 spiro atoms. The maximum Gasteiger partial charge on any atom is 0.236 e. The normalized spacial score (nSPS) is 19.5. The molecular weight excluding hydrogens is 278 g/mol. The van der Waals surface area contributed by atoms with Crippen molar-refractivity contribution < 1.29 is 9.53 Å². The lowest BCUT2D eigenvalue weighted by Gasteiger charge is -2.36. The van der Waals surface area contributed by atoms with Crippen LogP contribution >= 0.6 is 0 Å². The smallest absolute Gasteiger partial charge is 0.236 e. The van der Waals surface area contributed by atoms with Crippen LogP contribution in [0.2, 0.25) is 0 Å². The minimum Gasteiger partial charge on any atom is -0.497 e. The summed E-state index contributed by atoms with van der Waals surface area (Å²) < 4.78 is 5.19. The van der Waals surface area contributed by atoms with E-state index in [-0.39, 0.29) is 5.91 Å². The number of methoxy groups -OCH3 is 1. The lowest BCUT2D eigenvalue weighted by molar-refractivity contribution is -0.132. The van der Waals surface area contributed by atoms with Crippen LogP contribution in [0.3, 0.4) is 0 Å². The first kappa shape index (κ1) is 15.2. The van der Waals surface area contributed by atoms with E-state index in [0.717, 1.165) is 45.0 Å². The molecule has 2 aliphatic heterocycles. The average molecular weight is 303 g/mol. The van der Waals surface area contributed by atoms with E-state index in [4.69, 9.17) is 4.74 Å². The second kappa shape index (κ2) is 7.01. The lowest BCUT2D eigenvalue weighted by Crippen LogP contribution is -2.51. The fraction of sp³-hybridized carbons (Fsp3) is 0.588. The van der Waals surface area contributed by atoms with E-state index in [9.17, 15) is 4.79 Å². The van der Waals surface area contributed by atoms with Gasteiger partial charge in [-0.25, -0.2) is 0 Å². The van der Waals surface area contributed by atoms with Crippen molar-refractivity contribution in [3.8, 4) is 5.75 Å². The molecule has 0 radical (unpaired) electrons. The topological polar surface area (TPSA) is 36.0 Å². The number of nitrogens with zero attached hydrogens (tertiary/aromatic N) is 3. The Morgan fingerprint density at radius 1 is 1.00 bits per heavy atom. The Morgan fingerprint density at radius 3 is 2.23 bits per heavy atom. The van der Waals surface area contributed by atoms with Crippen LogP contribution in [-0.4, -0.2) is 68.6 Å². The predicted octanol–water partition coefficient (Wildman–Crippen LogP) is 1.44. The van der Waals surface area contributed by atoms with Crippen LogP contribution in [0.4, 0.5) is 5.69 Å². The molecule has 0 atom stereocenters. The van der Waals surface area contributed by atoms with E-state index >= 15 is 0 Å². The molecule has 0 bridgehead atoms. The number of anilines is 1. The van der Waals surface area contributed by atoms with Crippen molar-refractivity contribution >= 4 is 11.6 Å². The highest BCUT2D eigenvalue weighted by Crippen LogP contribution is 2.20. The van der Waals surface area contributed by atoms with Gasteiger partial charge in [-0.3, -0.25) is 9.69 Å². The fourth-order valence-electron chi connectivity index (χ4n) is 3.24. The number of piperazine rings is 1. The number of rotatable bonds is 4. The van der Waals surface area contributed by atoms with Crippen LogP contribution in [0.5, 0.6) is 5.75 Å². The van der Waals surface area contributed by atoms with Crippen molar-refractivity contribution in [2.24, 2.45) is 0 Å². The SMILES string of the molecule is COc1ccc(N2CCN(C(=O)CN3CCCC3)CC2)cc1. The number of amides is 1. The summed E-state index contributed by atoms with van der Waals surface area (Å²) in [5, 5.41) is 0. The van der Waals surface area contributed by atoms with Gasteiger partial charge >= 0.3 is 0 Å². The number of hydrogen-bond acceptors (Lipinski definition) is 4. The number of benzene rings is 1. The lowest BCUT2D eigenvalue weighted by atomic mass is 10.2. The summed E-state index contributed by atoms with van der Waals surface area (Å²) in [4.78, 5) is 19.0. The summed E-state index contributed by atoms with van der Waals surface area (Å²) in [7, 11) is 1.68. The van der Waals surface area contributed by atoms with Gasteiger partial charge in [0.1, 0.15) is 5.75 Å². The summed E-state index contributed by atoms with van der Waals surface area (Å²) in [6.07, 6.45) is 2.47. The summed E-state index contributed by atoms with van der Waals surface area (Å²) in [6, 6.07) is 8.14. The number of hydrogen-bond donors (Lipinski definition) is 0. The van der Waals surface area contributed by atoms with Gasteiger partial charge < -0.3 is 14.5 Å². The Morgan fingerprint density at radius 2 is 1.64 bits per heavy atom. The molecule has 2 saturated heterocycles. The van der Waals surface area contributed by atoms with Crippen molar-refractivity contribution in [1.29, 1.82) is 0 Å². The van der Waals surface area contributed by atoms with E-state index in [2.05, 4.69) is 21.9 Å². The van der Waals surface area contributed by atoms with Crippen LogP contribution in [-0.2, 0) is 4.79 Å². The zero-order valence-corrected chi connectivity index (χ0v) is 13.3. The number of carbonyl (C=O) groups is 1. The van der Waals surface area contributed by atoms with Crippen molar-refractivity contribution in [3.63, 3.8) is 0 Å². The number of likely N-dealkylation sites (tertiary alicyclic amines) is 1. The highest BCUT2D eigenvalue weighted by atomic mass is 16.5. The van der Waals surface area contributed by atoms with Crippen molar-refractivity contribution in [3.05, 3.63) is 24.3 Å². The molecule has 3 rings (SSSR count). The molecule has 0 N–H and O–H groups in total. The van der Waals surface area contributed by atoms with E-state index in [1.54, 1.807) is 7.11 Å². The maximum atomic E-state index is 12.3. The Kier molecular flexibility index (Phi) is 4.83. The first-order valence-electron chi connectivity index (χ1n) is 8.15. The molecule has 1 aromatic carbocycles. The first-order valence-corrected chi connectivity index (χ1v) is 8.15. The molecule has 120 valence electrons. The van der Waals surface area contributed by atoms with Crippen LogP contribution in [0, 0.1) is 0 Å². The highest BCUT2D eigenvalue weighted by Gasteiger charge is 2.23. The van der Waals surface area contributed by atoms with Crippen molar-refractivity contribution in [1.82, 2.24) is 9.80 Å². The molecule has 22 heavy (non-hydrogen) atoms. The minimum atomic E-state index is 0.288. The van der Waals surface area contributed by atoms with Gasteiger partial charge in [0.05, 0.1) is 13.7 Å². The standard InChI is InChI=1S/C17H25N3O2/c1-22-16-6-4-15(5-7-16)19-10-12-20(13-11-19)17(21)14-18-8-2-3-9-18/h4-7H,2-3,8-14H2,1H3. The fourth-order valence-corrected chi connectivity index (χ4v) is 3.24. The van der Waals surface area contributed by atoms with E-state index in [0.29, 0.717) is 6.54 Å². The van der Waals surface area contributed by atoms with E-state index < -0.39 is 0 Å². The van der Waals surface area contributed by atoms with Gasteiger partial charge in [-0.1, -0.05) is 0 Å². The molecule has 1 aromatic rings. The number of carbonyl (C=O) groups excluding carboxylic acids is 1. The zero-order valence-electron chi connectivity index (χ0n) is 13.3. The monoisotopic (exact) mass is 303 g/mol. The molecule has 1 amide bonds. The van der Waals surface area contributed by atoms with Crippen LogP contribution in [0.15, 0.2) is 24.3 Å². The van der Waals surface area contributed by atoms with Crippen LogP contribution < -0.4 is 9.64 Å². The summed E-state index contributed by atoms with van der Waals surface area (Å²) in [6.45, 7) is 6.20. The van der Waals surface area contributed by atoms with Gasteiger partial charge in [-0.2, -0.15) is 0 Å². The molecule has 0 saturated carbocycles. The highest BCUT2D eigenvalue weighted by molar-refractivity contribution is 5.78. The van der Waals surface area contributed by atoms with Gasteiger partial charge in [0.2, 0.25) is 5.91 Å².